The molecule has 1 unspecified atom stereocenters. The van der Waals surface area contributed by atoms with Gasteiger partial charge in [0.1, 0.15) is 0 Å². The summed E-state index contributed by atoms with van der Waals surface area (Å²) in [6, 6.07) is 8.12. The fourth-order valence-corrected chi connectivity index (χ4v) is 2.89. The average Bonchev–Trinajstić information content (AvgIpc) is 2.46. The summed E-state index contributed by atoms with van der Waals surface area (Å²) in [5, 5.41) is 9.04. The lowest BCUT2D eigenvalue weighted by atomic mass is 9.93. The first-order chi connectivity index (χ1) is 9.67. The molecule has 1 amide bonds. The average molecular weight is 276 g/mol. The van der Waals surface area contributed by atoms with Gasteiger partial charge < -0.3 is 10.8 Å². The number of rotatable bonds is 6. The number of hydrogen-bond donors (Lipinski definition) is 2. The van der Waals surface area contributed by atoms with Crippen LogP contribution in [0.25, 0.3) is 0 Å². The van der Waals surface area contributed by atoms with Gasteiger partial charge in [0.2, 0.25) is 5.91 Å². The van der Waals surface area contributed by atoms with Crippen LogP contribution in [0.15, 0.2) is 24.3 Å². The molecule has 1 saturated heterocycles. The van der Waals surface area contributed by atoms with Crippen molar-refractivity contribution < 1.29 is 9.90 Å². The van der Waals surface area contributed by atoms with Gasteiger partial charge in [-0.15, -0.1) is 0 Å². The molecule has 1 fully saturated rings. The molecule has 0 saturated carbocycles. The van der Waals surface area contributed by atoms with Crippen LogP contribution in [0.4, 0.5) is 0 Å². The van der Waals surface area contributed by atoms with Crippen LogP contribution < -0.4 is 5.73 Å². The molecule has 1 aromatic carbocycles. The topological polar surface area (TPSA) is 66.6 Å². The number of aliphatic hydroxyl groups is 1. The van der Waals surface area contributed by atoms with E-state index in [0.717, 1.165) is 31.6 Å². The standard InChI is InChI=1S/C16H24N2O2/c17-16(20)8-7-13-2-1-9-18(10-13)11-14-3-5-15(12-19)6-4-14/h3-6,13,19H,1-2,7-12H2,(H2,17,20). The molecule has 1 heterocycles. The number of benzene rings is 1. The highest BCUT2D eigenvalue weighted by atomic mass is 16.3. The van der Waals surface area contributed by atoms with E-state index in [1.807, 2.05) is 12.1 Å². The fourth-order valence-electron chi connectivity index (χ4n) is 2.89. The molecule has 0 aromatic heterocycles. The molecule has 1 aliphatic heterocycles. The molecule has 0 aliphatic carbocycles. The van der Waals surface area contributed by atoms with E-state index in [0.29, 0.717) is 12.3 Å². The summed E-state index contributed by atoms with van der Waals surface area (Å²) in [6.07, 6.45) is 3.81. The zero-order chi connectivity index (χ0) is 14.4. The molecule has 2 rings (SSSR count). The van der Waals surface area contributed by atoms with Crippen LogP contribution in [-0.4, -0.2) is 29.0 Å². The maximum Gasteiger partial charge on any atom is 0.217 e. The molecule has 0 bridgehead atoms. The number of amides is 1. The van der Waals surface area contributed by atoms with Gasteiger partial charge in [-0.3, -0.25) is 9.69 Å². The van der Waals surface area contributed by atoms with Crippen LogP contribution in [0.3, 0.4) is 0 Å². The number of primary amides is 1. The minimum Gasteiger partial charge on any atom is -0.392 e. The Kier molecular flexibility index (Phi) is 5.56. The lowest BCUT2D eigenvalue weighted by molar-refractivity contribution is -0.118. The summed E-state index contributed by atoms with van der Waals surface area (Å²) in [7, 11) is 0. The molecule has 4 nitrogen and oxygen atoms in total. The first kappa shape index (κ1) is 15.0. The largest absolute Gasteiger partial charge is 0.392 e. The van der Waals surface area contributed by atoms with Crippen LogP contribution >= 0.6 is 0 Å². The summed E-state index contributed by atoms with van der Waals surface area (Å²) in [5.74, 6) is 0.398. The van der Waals surface area contributed by atoms with E-state index < -0.39 is 0 Å². The first-order valence-electron chi connectivity index (χ1n) is 7.36. The number of nitrogens with two attached hydrogens (primary N) is 1. The highest BCUT2D eigenvalue weighted by Crippen LogP contribution is 2.22. The van der Waals surface area contributed by atoms with E-state index in [1.54, 1.807) is 0 Å². The lowest BCUT2D eigenvalue weighted by Crippen LogP contribution is -2.35. The SMILES string of the molecule is NC(=O)CCC1CCCN(Cc2ccc(CO)cc2)C1. The van der Waals surface area contributed by atoms with Crippen molar-refractivity contribution in [3.63, 3.8) is 0 Å². The Hall–Kier alpha value is -1.39. The van der Waals surface area contributed by atoms with Crippen molar-refractivity contribution in [2.75, 3.05) is 13.1 Å². The summed E-state index contributed by atoms with van der Waals surface area (Å²) in [6.45, 7) is 3.21. The van der Waals surface area contributed by atoms with Gasteiger partial charge in [-0.1, -0.05) is 24.3 Å². The Balaban J connectivity index is 1.83. The van der Waals surface area contributed by atoms with Gasteiger partial charge in [0.25, 0.3) is 0 Å². The Morgan fingerprint density at radius 2 is 2.00 bits per heavy atom. The van der Waals surface area contributed by atoms with Gasteiger partial charge in [-0.05, 0) is 42.9 Å². The molecular formula is C16H24N2O2. The van der Waals surface area contributed by atoms with Gasteiger partial charge in [-0.25, -0.2) is 0 Å². The second-order valence-corrected chi connectivity index (χ2v) is 5.72. The third-order valence-electron chi connectivity index (χ3n) is 4.01. The highest BCUT2D eigenvalue weighted by Gasteiger charge is 2.20. The Bertz CT molecular complexity index is 431. The van der Waals surface area contributed by atoms with Crippen molar-refractivity contribution in [3.8, 4) is 0 Å². The minimum atomic E-state index is -0.193. The second kappa shape index (κ2) is 7.41. The van der Waals surface area contributed by atoms with Crippen molar-refractivity contribution in [3.05, 3.63) is 35.4 Å². The summed E-state index contributed by atoms with van der Waals surface area (Å²) < 4.78 is 0. The van der Waals surface area contributed by atoms with Gasteiger partial charge >= 0.3 is 0 Å². The van der Waals surface area contributed by atoms with E-state index in [4.69, 9.17) is 10.8 Å². The number of nitrogens with zero attached hydrogens (tertiary/aromatic N) is 1. The second-order valence-electron chi connectivity index (χ2n) is 5.72. The van der Waals surface area contributed by atoms with Gasteiger partial charge in [0.15, 0.2) is 0 Å². The summed E-state index contributed by atoms with van der Waals surface area (Å²) in [4.78, 5) is 13.3. The maximum atomic E-state index is 10.9. The molecule has 3 N–H and O–H groups in total. The molecule has 1 aromatic rings. The Morgan fingerprint density at radius 1 is 1.30 bits per heavy atom. The Labute approximate surface area is 120 Å². The highest BCUT2D eigenvalue weighted by molar-refractivity contribution is 5.73. The van der Waals surface area contributed by atoms with E-state index in [9.17, 15) is 4.79 Å². The fraction of sp³-hybridized carbons (Fsp3) is 0.562. The van der Waals surface area contributed by atoms with E-state index in [2.05, 4.69) is 17.0 Å². The molecule has 1 atom stereocenters. The van der Waals surface area contributed by atoms with Gasteiger partial charge in [-0.2, -0.15) is 0 Å². The first-order valence-corrected chi connectivity index (χ1v) is 7.36. The number of hydrogen-bond acceptors (Lipinski definition) is 3. The summed E-state index contributed by atoms with van der Waals surface area (Å²) in [5.41, 5.74) is 7.45. The predicted molar refractivity (Wildman–Crippen MR) is 78.8 cm³/mol. The van der Waals surface area contributed by atoms with E-state index in [1.165, 1.54) is 18.4 Å². The van der Waals surface area contributed by atoms with Crippen LogP contribution in [-0.2, 0) is 17.9 Å². The number of aliphatic hydroxyl groups excluding tert-OH is 1. The summed E-state index contributed by atoms with van der Waals surface area (Å²) >= 11 is 0. The van der Waals surface area contributed by atoms with Crippen molar-refractivity contribution in [2.24, 2.45) is 11.7 Å². The smallest absolute Gasteiger partial charge is 0.217 e. The minimum absolute atomic E-state index is 0.0964. The molecule has 1 aliphatic rings. The van der Waals surface area contributed by atoms with Crippen molar-refractivity contribution in [1.82, 2.24) is 4.90 Å². The molecular weight excluding hydrogens is 252 g/mol. The Morgan fingerprint density at radius 3 is 2.65 bits per heavy atom. The van der Waals surface area contributed by atoms with Crippen molar-refractivity contribution in [2.45, 2.75) is 38.8 Å². The van der Waals surface area contributed by atoms with Crippen LogP contribution in [0.1, 0.15) is 36.8 Å². The van der Waals surface area contributed by atoms with E-state index in [-0.39, 0.29) is 12.5 Å². The van der Waals surface area contributed by atoms with Crippen molar-refractivity contribution in [1.29, 1.82) is 0 Å². The molecule has 0 spiro atoms. The number of carbonyl (C=O) groups excluding carboxylic acids is 1. The molecule has 4 heteroatoms. The van der Waals surface area contributed by atoms with Gasteiger partial charge in [0, 0.05) is 19.5 Å². The molecule has 110 valence electrons. The third-order valence-corrected chi connectivity index (χ3v) is 4.01. The predicted octanol–water partition coefficient (Wildman–Crippen LogP) is 1.66. The van der Waals surface area contributed by atoms with Crippen LogP contribution in [0.2, 0.25) is 0 Å². The molecule has 0 radical (unpaired) electrons. The third kappa shape index (κ3) is 4.62. The van der Waals surface area contributed by atoms with E-state index >= 15 is 0 Å². The number of carbonyl (C=O) groups is 1. The van der Waals surface area contributed by atoms with Crippen LogP contribution in [0.5, 0.6) is 0 Å². The van der Waals surface area contributed by atoms with Crippen LogP contribution in [0, 0.1) is 5.92 Å². The number of likely N-dealkylation sites (tertiary alicyclic amines) is 1. The monoisotopic (exact) mass is 276 g/mol. The normalized spacial score (nSPS) is 19.9. The molecule has 20 heavy (non-hydrogen) atoms. The zero-order valence-corrected chi connectivity index (χ0v) is 11.9. The maximum absolute atomic E-state index is 10.9. The quantitative estimate of drug-likeness (QED) is 0.830. The van der Waals surface area contributed by atoms with Gasteiger partial charge in [0.05, 0.1) is 6.61 Å². The van der Waals surface area contributed by atoms with Crippen molar-refractivity contribution >= 4 is 5.91 Å². The zero-order valence-electron chi connectivity index (χ0n) is 11.9. The number of piperidine rings is 1. The lowest BCUT2D eigenvalue weighted by Gasteiger charge is -2.32.